The highest BCUT2D eigenvalue weighted by atomic mass is 35.5. The zero-order chi connectivity index (χ0) is 15.1. The van der Waals surface area contributed by atoms with Crippen molar-refractivity contribution in [3.63, 3.8) is 0 Å². The monoisotopic (exact) mass is 306 g/mol. The Morgan fingerprint density at radius 2 is 2.00 bits per heavy atom. The summed E-state index contributed by atoms with van der Waals surface area (Å²) in [4.78, 5) is 25.6. The number of fused-ring (bicyclic) bond motifs is 1. The van der Waals surface area contributed by atoms with Crippen LogP contribution in [-0.4, -0.2) is 20.6 Å². The number of aromatic amines is 1. The molecule has 0 radical (unpaired) electrons. The molecule has 0 amide bonds. The lowest BCUT2D eigenvalue weighted by Gasteiger charge is -2.06. The molecule has 21 heavy (non-hydrogen) atoms. The van der Waals surface area contributed by atoms with Gasteiger partial charge in [0.05, 0.1) is 22.3 Å². The molecule has 0 fully saturated rings. The van der Waals surface area contributed by atoms with Crippen LogP contribution in [-0.2, 0) is 0 Å². The Morgan fingerprint density at radius 1 is 1.24 bits per heavy atom. The Kier molecular flexibility index (Phi) is 3.03. The number of halogens is 2. The van der Waals surface area contributed by atoms with E-state index in [1.807, 2.05) is 0 Å². The van der Waals surface area contributed by atoms with Crippen molar-refractivity contribution in [2.45, 2.75) is 0 Å². The maximum Gasteiger partial charge on any atom is 0.335 e. The van der Waals surface area contributed by atoms with E-state index in [-0.39, 0.29) is 21.8 Å². The van der Waals surface area contributed by atoms with Crippen LogP contribution in [0.3, 0.4) is 0 Å². The molecule has 2 N–H and O–H groups in total. The number of carboxylic acids is 1. The Balaban J connectivity index is 2.38. The normalized spacial score (nSPS) is 11.0. The fraction of sp³-hybridized carbons (Fsp3) is 0. The van der Waals surface area contributed by atoms with Gasteiger partial charge in [0.2, 0.25) is 0 Å². The van der Waals surface area contributed by atoms with E-state index in [1.54, 1.807) is 0 Å². The molecule has 0 bridgehead atoms. The zero-order valence-electron chi connectivity index (χ0n) is 10.4. The third kappa shape index (κ3) is 2.19. The van der Waals surface area contributed by atoms with Crippen molar-refractivity contribution in [1.29, 1.82) is 0 Å². The van der Waals surface area contributed by atoms with E-state index in [9.17, 15) is 14.0 Å². The van der Waals surface area contributed by atoms with Gasteiger partial charge in [-0.05, 0) is 36.4 Å². The second-order valence-electron chi connectivity index (χ2n) is 4.40. The second-order valence-corrected chi connectivity index (χ2v) is 4.83. The van der Waals surface area contributed by atoms with Crippen LogP contribution in [0.1, 0.15) is 10.4 Å². The topological polar surface area (TPSA) is 75.1 Å². The number of hydrogen-bond acceptors (Lipinski definition) is 2. The van der Waals surface area contributed by atoms with Gasteiger partial charge in [-0.25, -0.2) is 14.0 Å². The molecule has 7 heteroatoms. The van der Waals surface area contributed by atoms with Gasteiger partial charge < -0.3 is 10.1 Å². The van der Waals surface area contributed by atoms with Crippen molar-refractivity contribution >= 4 is 28.6 Å². The Hall–Kier alpha value is -2.60. The van der Waals surface area contributed by atoms with Gasteiger partial charge in [0, 0.05) is 5.02 Å². The number of carbonyl (C=O) groups is 1. The summed E-state index contributed by atoms with van der Waals surface area (Å²) in [6.07, 6.45) is 0. The molecule has 106 valence electrons. The Labute approximate surface area is 122 Å². The average Bonchev–Trinajstić information content (AvgIpc) is 2.76. The molecule has 1 heterocycles. The number of nitrogens with one attached hydrogen (secondary N) is 1. The number of aromatic carboxylic acids is 1. The quantitative estimate of drug-likeness (QED) is 0.764. The van der Waals surface area contributed by atoms with Crippen molar-refractivity contribution in [2.75, 3.05) is 0 Å². The minimum Gasteiger partial charge on any atom is -0.478 e. The molecular weight excluding hydrogens is 299 g/mol. The van der Waals surface area contributed by atoms with Crippen molar-refractivity contribution in [3.05, 3.63) is 63.3 Å². The summed E-state index contributed by atoms with van der Waals surface area (Å²) in [6.45, 7) is 0. The van der Waals surface area contributed by atoms with Gasteiger partial charge in [0.1, 0.15) is 5.82 Å². The molecule has 3 aromatic rings. The van der Waals surface area contributed by atoms with Crippen molar-refractivity contribution < 1.29 is 14.3 Å². The molecule has 0 aliphatic heterocycles. The molecule has 0 spiro atoms. The minimum atomic E-state index is -1.14. The summed E-state index contributed by atoms with van der Waals surface area (Å²) in [5.41, 5.74) is 0.0538. The van der Waals surface area contributed by atoms with E-state index in [1.165, 1.54) is 30.3 Å². The first-order valence-electron chi connectivity index (χ1n) is 5.91. The number of aromatic nitrogens is 2. The number of carboxylic acid groups (broad SMARTS) is 1. The van der Waals surface area contributed by atoms with Crippen molar-refractivity contribution in [1.82, 2.24) is 9.55 Å². The van der Waals surface area contributed by atoms with E-state index in [4.69, 9.17) is 16.7 Å². The molecule has 0 unspecified atom stereocenters. The summed E-state index contributed by atoms with van der Waals surface area (Å²) >= 11 is 5.83. The first-order chi connectivity index (χ1) is 9.97. The maximum atomic E-state index is 14.0. The number of hydrogen-bond donors (Lipinski definition) is 2. The molecule has 3 rings (SSSR count). The first kappa shape index (κ1) is 13.4. The summed E-state index contributed by atoms with van der Waals surface area (Å²) in [7, 11) is 0. The summed E-state index contributed by atoms with van der Waals surface area (Å²) in [5, 5.41) is 9.28. The van der Waals surface area contributed by atoms with Crippen LogP contribution >= 0.6 is 11.6 Å². The fourth-order valence-electron chi connectivity index (χ4n) is 2.13. The Bertz CT molecular complexity index is 930. The molecule has 2 aromatic carbocycles. The molecule has 0 aliphatic rings. The largest absolute Gasteiger partial charge is 0.478 e. The maximum absolute atomic E-state index is 14.0. The first-order valence-corrected chi connectivity index (χ1v) is 6.28. The lowest BCUT2D eigenvalue weighted by Crippen LogP contribution is -2.16. The Morgan fingerprint density at radius 3 is 2.71 bits per heavy atom. The van der Waals surface area contributed by atoms with Crippen LogP contribution < -0.4 is 5.69 Å². The average molecular weight is 307 g/mol. The second kappa shape index (κ2) is 4.75. The van der Waals surface area contributed by atoms with Gasteiger partial charge in [0.25, 0.3) is 0 Å². The smallest absolute Gasteiger partial charge is 0.335 e. The van der Waals surface area contributed by atoms with Crippen LogP contribution in [0.5, 0.6) is 0 Å². The standard InChI is InChI=1S/C14H8ClFN2O3/c15-8-2-3-9(16)11(6-8)18-12-5-7(13(19)20)1-4-10(12)17-14(18)21/h1-6H,(H,17,21)(H,19,20). The SMILES string of the molecule is O=C(O)c1ccc2[nH]c(=O)n(-c3cc(Cl)ccc3F)c2c1. The third-order valence-corrected chi connectivity index (χ3v) is 3.31. The highest BCUT2D eigenvalue weighted by molar-refractivity contribution is 6.30. The van der Waals surface area contributed by atoms with Crippen LogP contribution in [0.2, 0.25) is 5.02 Å². The highest BCUT2D eigenvalue weighted by Crippen LogP contribution is 2.22. The predicted octanol–water partition coefficient (Wildman–Crippen LogP) is 2.81. The number of rotatable bonds is 2. The zero-order valence-corrected chi connectivity index (χ0v) is 11.2. The number of nitrogens with zero attached hydrogens (tertiary/aromatic N) is 1. The van der Waals surface area contributed by atoms with E-state index in [0.29, 0.717) is 5.52 Å². The molecule has 0 atom stereocenters. The highest BCUT2D eigenvalue weighted by Gasteiger charge is 2.15. The molecular formula is C14H8ClFN2O3. The van der Waals surface area contributed by atoms with Crippen LogP contribution in [0.4, 0.5) is 4.39 Å². The summed E-state index contributed by atoms with van der Waals surface area (Å²) in [5.74, 6) is -1.77. The minimum absolute atomic E-state index is 0.00214. The fourth-order valence-corrected chi connectivity index (χ4v) is 2.30. The van der Waals surface area contributed by atoms with Crippen molar-refractivity contribution in [3.8, 4) is 5.69 Å². The van der Waals surface area contributed by atoms with Gasteiger partial charge in [-0.3, -0.25) is 4.57 Å². The lowest BCUT2D eigenvalue weighted by molar-refractivity contribution is 0.0697. The van der Waals surface area contributed by atoms with Crippen LogP contribution in [0, 0.1) is 5.82 Å². The predicted molar refractivity (Wildman–Crippen MR) is 75.8 cm³/mol. The number of H-pyrrole nitrogens is 1. The van der Waals surface area contributed by atoms with Gasteiger partial charge >= 0.3 is 11.7 Å². The third-order valence-electron chi connectivity index (χ3n) is 3.08. The molecule has 0 aliphatic carbocycles. The van der Waals surface area contributed by atoms with E-state index in [2.05, 4.69) is 4.98 Å². The summed E-state index contributed by atoms with van der Waals surface area (Å²) in [6, 6.07) is 7.93. The molecule has 0 saturated heterocycles. The van der Waals surface area contributed by atoms with Crippen LogP contribution in [0.25, 0.3) is 16.7 Å². The lowest BCUT2D eigenvalue weighted by atomic mass is 10.2. The van der Waals surface area contributed by atoms with Crippen molar-refractivity contribution in [2.24, 2.45) is 0 Å². The number of benzene rings is 2. The van der Waals surface area contributed by atoms with E-state index < -0.39 is 17.5 Å². The van der Waals surface area contributed by atoms with Gasteiger partial charge in [0.15, 0.2) is 0 Å². The van der Waals surface area contributed by atoms with Crippen LogP contribution in [0.15, 0.2) is 41.2 Å². The van der Waals surface area contributed by atoms with Gasteiger partial charge in [-0.15, -0.1) is 0 Å². The van der Waals surface area contributed by atoms with E-state index in [0.717, 1.165) is 10.6 Å². The molecule has 1 aromatic heterocycles. The summed E-state index contributed by atoms with van der Waals surface area (Å²) < 4.78 is 15.0. The van der Waals surface area contributed by atoms with E-state index >= 15 is 0 Å². The number of imidazole rings is 1. The molecule has 5 nitrogen and oxygen atoms in total. The van der Waals surface area contributed by atoms with Gasteiger partial charge in [-0.2, -0.15) is 0 Å². The molecule has 0 saturated carbocycles. The van der Waals surface area contributed by atoms with Gasteiger partial charge in [-0.1, -0.05) is 11.6 Å².